The van der Waals surface area contributed by atoms with Gasteiger partial charge < -0.3 is 5.32 Å². The molecule has 5 heteroatoms. The first-order chi connectivity index (χ1) is 8.40. The minimum Gasteiger partial charge on any atom is -0.368 e. The van der Waals surface area contributed by atoms with Crippen molar-refractivity contribution < 1.29 is 0 Å². The number of hydrogen-bond donors (Lipinski definition) is 1. The van der Waals surface area contributed by atoms with Gasteiger partial charge in [0.15, 0.2) is 5.82 Å². The maximum Gasteiger partial charge on any atom is 0.163 e. The summed E-state index contributed by atoms with van der Waals surface area (Å²) >= 11 is 1.28. The second-order valence-electron chi connectivity index (χ2n) is 4.17. The highest BCUT2D eigenvalue weighted by molar-refractivity contribution is 6.99. The number of nitrogens with one attached hydrogen (secondary N) is 1. The largest absolute Gasteiger partial charge is 0.368 e. The van der Waals surface area contributed by atoms with Crippen LogP contribution >= 0.6 is 11.7 Å². The molecule has 1 N–H and O–H groups in total. The average Bonchev–Trinajstić information content (AvgIpc) is 2.95. The third-order valence-electron chi connectivity index (χ3n) is 3.15. The summed E-state index contributed by atoms with van der Waals surface area (Å²) in [5, 5.41) is 3.27. The van der Waals surface area contributed by atoms with Crippen LogP contribution in [-0.2, 0) is 6.42 Å². The molecule has 3 rings (SSSR count). The van der Waals surface area contributed by atoms with E-state index in [0.717, 1.165) is 30.9 Å². The van der Waals surface area contributed by atoms with E-state index in [1.165, 1.54) is 23.0 Å². The van der Waals surface area contributed by atoms with Crippen LogP contribution < -0.4 is 5.32 Å². The lowest BCUT2D eigenvalue weighted by molar-refractivity contribution is 0.755. The zero-order valence-electron chi connectivity index (χ0n) is 9.68. The van der Waals surface area contributed by atoms with Crippen molar-refractivity contribution in [1.82, 2.24) is 13.7 Å². The van der Waals surface area contributed by atoms with Gasteiger partial charge in [0, 0.05) is 18.7 Å². The first kappa shape index (κ1) is 10.7. The van der Waals surface area contributed by atoms with E-state index < -0.39 is 0 Å². The lowest BCUT2D eigenvalue weighted by Crippen LogP contribution is -2.05. The monoisotopic (exact) mass is 246 g/mol. The van der Waals surface area contributed by atoms with Crippen molar-refractivity contribution in [3.8, 4) is 0 Å². The molecule has 0 spiro atoms. The molecule has 1 aliphatic rings. The number of rotatable bonds is 3. The summed E-state index contributed by atoms with van der Waals surface area (Å²) in [5.74, 6) is 1.25. The van der Waals surface area contributed by atoms with Crippen LogP contribution in [0, 0.1) is 0 Å². The summed E-state index contributed by atoms with van der Waals surface area (Å²) in [4.78, 5) is 4.51. The Bertz CT molecular complexity index is 523. The Labute approximate surface area is 104 Å². The van der Waals surface area contributed by atoms with Gasteiger partial charge >= 0.3 is 0 Å². The first-order valence-corrected chi connectivity index (χ1v) is 6.63. The molecule has 0 radical (unpaired) electrons. The first-order valence-electron chi connectivity index (χ1n) is 5.90. The number of fused-ring (bicyclic) bond motifs is 1. The molecule has 1 atom stereocenters. The van der Waals surface area contributed by atoms with E-state index in [1.54, 1.807) is 0 Å². The SMILES string of the molecule is CCNc1nsnc1C1CCc2cccnc21. The molecule has 4 nitrogen and oxygen atoms in total. The number of pyridine rings is 1. The van der Waals surface area contributed by atoms with E-state index in [9.17, 15) is 0 Å². The van der Waals surface area contributed by atoms with Crippen LogP contribution in [0.25, 0.3) is 0 Å². The second-order valence-corrected chi connectivity index (χ2v) is 4.70. The van der Waals surface area contributed by atoms with Crippen molar-refractivity contribution in [3.05, 3.63) is 35.3 Å². The van der Waals surface area contributed by atoms with Crippen LogP contribution in [-0.4, -0.2) is 20.3 Å². The van der Waals surface area contributed by atoms with Crippen molar-refractivity contribution in [3.63, 3.8) is 0 Å². The molecule has 0 saturated carbocycles. The highest BCUT2D eigenvalue weighted by Crippen LogP contribution is 2.38. The lowest BCUT2D eigenvalue weighted by Gasteiger charge is -2.09. The van der Waals surface area contributed by atoms with Gasteiger partial charge in [0.1, 0.15) is 5.69 Å². The molecule has 0 amide bonds. The standard InChI is InChI=1S/C12H14N4S/c1-2-13-12-11(15-17-16-12)9-6-5-8-4-3-7-14-10(8)9/h3-4,7,9H,2,5-6H2,1H3,(H,13,16). The minimum atomic E-state index is 0.319. The smallest absolute Gasteiger partial charge is 0.163 e. The quantitative estimate of drug-likeness (QED) is 0.903. The van der Waals surface area contributed by atoms with Crippen molar-refractivity contribution >= 4 is 17.5 Å². The third-order valence-corrected chi connectivity index (χ3v) is 3.69. The van der Waals surface area contributed by atoms with Gasteiger partial charge in [-0.3, -0.25) is 4.98 Å². The lowest BCUT2D eigenvalue weighted by atomic mass is 10.0. The molecule has 17 heavy (non-hydrogen) atoms. The van der Waals surface area contributed by atoms with Crippen LogP contribution in [0.1, 0.15) is 36.2 Å². The van der Waals surface area contributed by atoms with Gasteiger partial charge in [0.2, 0.25) is 0 Å². The maximum atomic E-state index is 4.51. The molecule has 2 heterocycles. The van der Waals surface area contributed by atoms with Gasteiger partial charge in [0.25, 0.3) is 0 Å². The molecule has 0 saturated heterocycles. The minimum absolute atomic E-state index is 0.319. The van der Waals surface area contributed by atoms with Gasteiger partial charge in [0.05, 0.1) is 17.4 Å². The zero-order chi connectivity index (χ0) is 11.7. The Morgan fingerprint density at radius 2 is 2.35 bits per heavy atom. The summed E-state index contributed by atoms with van der Waals surface area (Å²) in [7, 11) is 0. The number of hydrogen-bond acceptors (Lipinski definition) is 5. The zero-order valence-corrected chi connectivity index (χ0v) is 10.5. The molecular formula is C12H14N4S. The topological polar surface area (TPSA) is 50.7 Å². The Hall–Kier alpha value is -1.49. The second kappa shape index (κ2) is 4.41. The molecule has 1 unspecified atom stereocenters. The predicted octanol–water partition coefficient (Wildman–Crippen LogP) is 2.44. The predicted molar refractivity (Wildman–Crippen MR) is 68.5 cm³/mol. The van der Waals surface area contributed by atoms with Crippen molar-refractivity contribution in [2.45, 2.75) is 25.7 Å². The van der Waals surface area contributed by atoms with Crippen LogP contribution in [0.5, 0.6) is 0 Å². The molecule has 0 fully saturated rings. The van der Waals surface area contributed by atoms with Crippen LogP contribution in [0.15, 0.2) is 18.3 Å². The van der Waals surface area contributed by atoms with Crippen LogP contribution in [0.2, 0.25) is 0 Å². The number of aryl methyl sites for hydroxylation is 1. The number of anilines is 1. The van der Waals surface area contributed by atoms with Gasteiger partial charge in [-0.1, -0.05) is 6.07 Å². The van der Waals surface area contributed by atoms with Gasteiger partial charge in [-0.25, -0.2) is 0 Å². The molecular weight excluding hydrogens is 232 g/mol. The summed E-state index contributed by atoms with van der Waals surface area (Å²) in [5.41, 5.74) is 3.60. The molecule has 2 aromatic rings. The highest BCUT2D eigenvalue weighted by Gasteiger charge is 2.29. The van der Waals surface area contributed by atoms with Gasteiger partial charge in [-0.05, 0) is 31.4 Å². The molecule has 0 aliphatic heterocycles. The molecule has 0 bridgehead atoms. The Balaban J connectivity index is 1.98. The molecule has 88 valence electrons. The molecule has 2 aromatic heterocycles. The highest BCUT2D eigenvalue weighted by atomic mass is 32.1. The fourth-order valence-electron chi connectivity index (χ4n) is 2.39. The third kappa shape index (κ3) is 1.80. The van der Waals surface area contributed by atoms with Crippen molar-refractivity contribution in [2.75, 3.05) is 11.9 Å². The van der Waals surface area contributed by atoms with Gasteiger partial charge in [-0.2, -0.15) is 8.75 Å². The van der Waals surface area contributed by atoms with Crippen LogP contribution in [0.3, 0.4) is 0 Å². The van der Waals surface area contributed by atoms with E-state index in [2.05, 4.69) is 32.0 Å². The average molecular weight is 246 g/mol. The van der Waals surface area contributed by atoms with Gasteiger partial charge in [-0.15, -0.1) is 0 Å². The van der Waals surface area contributed by atoms with E-state index in [4.69, 9.17) is 0 Å². The fourth-order valence-corrected chi connectivity index (χ4v) is 2.98. The van der Waals surface area contributed by atoms with Crippen molar-refractivity contribution in [1.29, 1.82) is 0 Å². The molecule has 0 aromatic carbocycles. The Morgan fingerprint density at radius 3 is 3.24 bits per heavy atom. The Morgan fingerprint density at radius 1 is 1.41 bits per heavy atom. The summed E-state index contributed by atoms with van der Waals surface area (Å²) in [6.07, 6.45) is 4.05. The summed E-state index contributed by atoms with van der Waals surface area (Å²) in [6.45, 7) is 2.95. The van der Waals surface area contributed by atoms with E-state index in [-0.39, 0.29) is 0 Å². The fraction of sp³-hybridized carbons (Fsp3) is 0.417. The van der Waals surface area contributed by atoms with Crippen LogP contribution in [0.4, 0.5) is 5.82 Å². The number of aromatic nitrogens is 3. The normalized spacial score (nSPS) is 18.1. The van der Waals surface area contributed by atoms with E-state index >= 15 is 0 Å². The Kier molecular flexibility index (Phi) is 2.76. The number of nitrogens with zero attached hydrogens (tertiary/aromatic N) is 3. The maximum absolute atomic E-state index is 4.51. The van der Waals surface area contributed by atoms with E-state index in [1.807, 2.05) is 12.3 Å². The van der Waals surface area contributed by atoms with Crippen molar-refractivity contribution in [2.24, 2.45) is 0 Å². The molecule has 1 aliphatic carbocycles. The van der Waals surface area contributed by atoms with E-state index in [0.29, 0.717) is 5.92 Å². The summed E-state index contributed by atoms with van der Waals surface area (Å²) < 4.78 is 8.76. The summed E-state index contributed by atoms with van der Waals surface area (Å²) in [6, 6.07) is 4.17.